The van der Waals surface area contributed by atoms with Crippen LogP contribution in [0.4, 0.5) is 19.0 Å². The number of hydrogen-bond donors (Lipinski definition) is 0. The lowest BCUT2D eigenvalue weighted by molar-refractivity contribution is -0.137. The summed E-state index contributed by atoms with van der Waals surface area (Å²) in [5, 5.41) is -0.0131. The van der Waals surface area contributed by atoms with Crippen LogP contribution in [0.15, 0.2) is 12.3 Å². The number of nitrogens with zero attached hydrogens (tertiary/aromatic N) is 3. The van der Waals surface area contributed by atoms with Crippen molar-refractivity contribution >= 4 is 23.3 Å². The number of halogens is 4. The Morgan fingerprint density at radius 2 is 1.85 bits per heavy atom. The average molecular weight is 390 g/mol. The van der Waals surface area contributed by atoms with Gasteiger partial charge in [-0.15, -0.1) is 0 Å². The topological polar surface area (TPSA) is 36.4 Å². The summed E-state index contributed by atoms with van der Waals surface area (Å²) in [6.07, 6.45) is 2.92. The fourth-order valence-corrected chi connectivity index (χ4v) is 4.06. The van der Waals surface area contributed by atoms with Crippen LogP contribution in [0, 0.1) is 5.92 Å². The normalized spacial score (nSPS) is 19.2. The highest BCUT2D eigenvalue weighted by molar-refractivity contribution is 6.33. The number of aromatic nitrogens is 1. The molecule has 8 heteroatoms. The summed E-state index contributed by atoms with van der Waals surface area (Å²) in [5.41, 5.74) is -0.855. The van der Waals surface area contributed by atoms with Crippen molar-refractivity contribution in [2.24, 2.45) is 5.92 Å². The standard InChI is InChI=1S/C18H23ClF3N3O/c19-15-11-14(18(20,21)22)12-23-17(15)25-9-7-24(8-10-25)16(26)6-5-13-3-1-2-4-13/h11-13H,1-10H2. The highest BCUT2D eigenvalue weighted by Crippen LogP contribution is 2.34. The third kappa shape index (κ3) is 4.61. The van der Waals surface area contributed by atoms with Crippen molar-refractivity contribution in [3.8, 4) is 0 Å². The molecule has 0 atom stereocenters. The molecule has 0 radical (unpaired) electrons. The van der Waals surface area contributed by atoms with Crippen LogP contribution in [-0.2, 0) is 11.0 Å². The molecule has 0 N–H and O–H groups in total. The van der Waals surface area contributed by atoms with Crippen molar-refractivity contribution in [2.45, 2.75) is 44.7 Å². The Labute approximate surface area is 156 Å². The summed E-state index contributed by atoms with van der Waals surface area (Å²) in [7, 11) is 0. The summed E-state index contributed by atoms with van der Waals surface area (Å²) in [4.78, 5) is 19.9. The number of hydrogen-bond acceptors (Lipinski definition) is 3. The van der Waals surface area contributed by atoms with Crippen molar-refractivity contribution in [3.63, 3.8) is 0 Å². The molecule has 0 bridgehead atoms. The second-order valence-corrected chi connectivity index (χ2v) is 7.49. The predicted octanol–water partition coefficient (Wildman–Crippen LogP) is 4.37. The Morgan fingerprint density at radius 3 is 2.42 bits per heavy atom. The lowest BCUT2D eigenvalue weighted by Gasteiger charge is -2.36. The second-order valence-electron chi connectivity index (χ2n) is 7.08. The van der Waals surface area contributed by atoms with Gasteiger partial charge >= 0.3 is 6.18 Å². The van der Waals surface area contributed by atoms with Gasteiger partial charge in [0.1, 0.15) is 5.82 Å². The Morgan fingerprint density at radius 1 is 1.19 bits per heavy atom. The quantitative estimate of drug-likeness (QED) is 0.767. The van der Waals surface area contributed by atoms with E-state index in [2.05, 4.69) is 4.98 Å². The molecule has 1 aromatic rings. The van der Waals surface area contributed by atoms with Gasteiger partial charge < -0.3 is 9.80 Å². The minimum absolute atomic E-state index is 0.0131. The molecule has 4 nitrogen and oxygen atoms in total. The van der Waals surface area contributed by atoms with Crippen LogP contribution in [-0.4, -0.2) is 42.0 Å². The summed E-state index contributed by atoms with van der Waals surface area (Å²) in [5.74, 6) is 1.20. The monoisotopic (exact) mass is 389 g/mol. The summed E-state index contributed by atoms with van der Waals surface area (Å²) >= 11 is 6.01. The smallest absolute Gasteiger partial charge is 0.352 e. The van der Waals surface area contributed by atoms with E-state index < -0.39 is 11.7 Å². The number of carbonyl (C=O) groups is 1. The lowest BCUT2D eigenvalue weighted by atomic mass is 10.0. The Hall–Kier alpha value is -1.50. The SMILES string of the molecule is O=C(CCC1CCCC1)N1CCN(c2ncc(C(F)(F)F)cc2Cl)CC1. The number of amides is 1. The number of rotatable bonds is 4. The second kappa shape index (κ2) is 8.03. The van der Waals surface area contributed by atoms with Gasteiger partial charge in [-0.1, -0.05) is 37.3 Å². The fourth-order valence-electron chi connectivity index (χ4n) is 3.77. The molecule has 144 valence electrons. The maximum absolute atomic E-state index is 12.7. The molecular formula is C18H23ClF3N3O. The maximum atomic E-state index is 12.7. The third-order valence-electron chi connectivity index (χ3n) is 5.32. The van der Waals surface area contributed by atoms with Crippen LogP contribution in [0.1, 0.15) is 44.1 Å². The molecule has 1 aromatic heterocycles. The molecule has 0 spiro atoms. The minimum atomic E-state index is -4.46. The molecule has 2 heterocycles. The lowest BCUT2D eigenvalue weighted by Crippen LogP contribution is -2.49. The molecule has 3 rings (SSSR count). The van der Waals surface area contributed by atoms with Gasteiger partial charge in [-0.3, -0.25) is 4.79 Å². The molecule has 0 aromatic carbocycles. The molecule has 1 saturated carbocycles. The van der Waals surface area contributed by atoms with Crippen LogP contribution >= 0.6 is 11.6 Å². The largest absolute Gasteiger partial charge is 0.417 e. The van der Waals surface area contributed by atoms with Gasteiger partial charge in [0, 0.05) is 38.8 Å². The molecule has 1 aliphatic carbocycles. The van der Waals surface area contributed by atoms with E-state index in [1.54, 1.807) is 0 Å². The van der Waals surface area contributed by atoms with Gasteiger partial charge in [0.15, 0.2) is 0 Å². The van der Waals surface area contributed by atoms with Gasteiger partial charge in [-0.25, -0.2) is 4.98 Å². The minimum Gasteiger partial charge on any atom is -0.352 e. The first-order valence-corrected chi connectivity index (χ1v) is 9.48. The zero-order valence-corrected chi connectivity index (χ0v) is 15.3. The molecule has 1 saturated heterocycles. The number of carbonyl (C=O) groups excluding carboxylic acids is 1. The molecule has 2 aliphatic rings. The number of anilines is 1. The fraction of sp³-hybridized carbons (Fsp3) is 0.667. The van der Waals surface area contributed by atoms with Gasteiger partial charge in [0.05, 0.1) is 10.6 Å². The Kier molecular flexibility index (Phi) is 5.95. The molecule has 1 aliphatic heterocycles. The Bertz CT molecular complexity index is 639. The zero-order valence-electron chi connectivity index (χ0n) is 14.6. The molecular weight excluding hydrogens is 367 g/mol. The van der Waals surface area contributed by atoms with Crippen molar-refractivity contribution in [1.82, 2.24) is 9.88 Å². The number of pyridine rings is 1. The highest BCUT2D eigenvalue weighted by Gasteiger charge is 2.32. The van der Waals surface area contributed by atoms with Crippen molar-refractivity contribution in [1.29, 1.82) is 0 Å². The van der Waals surface area contributed by atoms with Crippen molar-refractivity contribution in [2.75, 3.05) is 31.1 Å². The van der Waals surface area contributed by atoms with Crippen LogP contribution in [0.3, 0.4) is 0 Å². The summed E-state index contributed by atoms with van der Waals surface area (Å²) in [6.45, 7) is 2.13. The van der Waals surface area contributed by atoms with E-state index >= 15 is 0 Å². The van der Waals surface area contributed by atoms with Crippen LogP contribution in [0.2, 0.25) is 5.02 Å². The van der Waals surface area contributed by atoms with E-state index in [0.29, 0.717) is 44.3 Å². The van der Waals surface area contributed by atoms with Crippen molar-refractivity contribution < 1.29 is 18.0 Å². The molecule has 26 heavy (non-hydrogen) atoms. The van der Waals surface area contributed by atoms with E-state index in [0.717, 1.165) is 18.7 Å². The van der Waals surface area contributed by atoms with E-state index in [1.165, 1.54) is 25.7 Å². The summed E-state index contributed by atoms with van der Waals surface area (Å²) < 4.78 is 38.1. The number of alkyl halides is 3. The highest BCUT2D eigenvalue weighted by atomic mass is 35.5. The average Bonchev–Trinajstić information content (AvgIpc) is 3.12. The Balaban J connectivity index is 1.52. The zero-order chi connectivity index (χ0) is 18.7. The van der Waals surface area contributed by atoms with E-state index in [1.807, 2.05) is 9.80 Å². The first-order valence-electron chi connectivity index (χ1n) is 9.10. The van der Waals surface area contributed by atoms with E-state index in [4.69, 9.17) is 11.6 Å². The third-order valence-corrected chi connectivity index (χ3v) is 5.60. The van der Waals surface area contributed by atoms with Gasteiger partial charge in [0.2, 0.25) is 5.91 Å². The first-order chi connectivity index (χ1) is 12.3. The molecule has 2 fully saturated rings. The predicted molar refractivity (Wildman–Crippen MR) is 94.2 cm³/mol. The van der Waals surface area contributed by atoms with Crippen LogP contribution in [0.25, 0.3) is 0 Å². The van der Waals surface area contributed by atoms with Gasteiger partial charge in [-0.05, 0) is 18.4 Å². The van der Waals surface area contributed by atoms with Crippen LogP contribution in [0.5, 0.6) is 0 Å². The van der Waals surface area contributed by atoms with Crippen molar-refractivity contribution in [3.05, 3.63) is 22.8 Å². The van der Waals surface area contributed by atoms with E-state index in [9.17, 15) is 18.0 Å². The maximum Gasteiger partial charge on any atom is 0.417 e. The first kappa shape index (κ1) is 19.3. The molecule has 0 unspecified atom stereocenters. The van der Waals surface area contributed by atoms with Crippen LogP contribution < -0.4 is 4.90 Å². The number of piperazine rings is 1. The molecule has 1 amide bonds. The summed E-state index contributed by atoms with van der Waals surface area (Å²) in [6, 6.07) is 0.906. The van der Waals surface area contributed by atoms with Gasteiger partial charge in [-0.2, -0.15) is 13.2 Å². The van der Waals surface area contributed by atoms with E-state index in [-0.39, 0.29) is 10.9 Å². The van der Waals surface area contributed by atoms with Gasteiger partial charge in [0.25, 0.3) is 0 Å².